The summed E-state index contributed by atoms with van der Waals surface area (Å²) in [7, 11) is 4.17. The van der Waals surface area contributed by atoms with Gasteiger partial charge in [0.25, 0.3) is 0 Å². The number of pyridine rings is 1. The molecule has 1 N–H and O–H groups in total. The molecular weight excluding hydrogens is 278 g/mol. The molecule has 2 saturated heterocycles. The van der Waals surface area contributed by atoms with E-state index in [0.717, 1.165) is 50.6 Å². The number of hydrogen-bond donors (Lipinski definition) is 1. The lowest BCUT2D eigenvalue weighted by Gasteiger charge is -2.35. The van der Waals surface area contributed by atoms with Gasteiger partial charge in [-0.05, 0) is 32.6 Å². The van der Waals surface area contributed by atoms with Crippen LogP contribution in [0, 0.1) is 12.8 Å². The molecule has 1 aromatic heterocycles. The van der Waals surface area contributed by atoms with Gasteiger partial charge in [-0.1, -0.05) is 6.07 Å². The number of anilines is 2. The summed E-state index contributed by atoms with van der Waals surface area (Å²) in [5.41, 5.74) is 1.16. The molecule has 0 aromatic carbocycles. The summed E-state index contributed by atoms with van der Waals surface area (Å²) >= 11 is 0. The van der Waals surface area contributed by atoms with Crippen molar-refractivity contribution in [1.29, 1.82) is 0 Å². The van der Waals surface area contributed by atoms with E-state index in [0.29, 0.717) is 5.82 Å². The summed E-state index contributed by atoms with van der Waals surface area (Å²) in [6.07, 6.45) is 0. The van der Waals surface area contributed by atoms with Crippen LogP contribution in [0.4, 0.5) is 11.6 Å². The van der Waals surface area contributed by atoms with Crippen LogP contribution < -0.4 is 10.2 Å². The van der Waals surface area contributed by atoms with E-state index in [1.54, 1.807) is 0 Å². The van der Waals surface area contributed by atoms with Crippen LogP contribution in [0.5, 0.6) is 0 Å². The highest BCUT2D eigenvalue weighted by atomic mass is 16.2. The number of carbonyl (C=O) groups excluding carboxylic acids is 1. The molecule has 0 aliphatic carbocycles. The number of amides is 1. The third kappa shape index (κ3) is 3.23. The highest BCUT2D eigenvalue weighted by Crippen LogP contribution is 2.22. The van der Waals surface area contributed by atoms with E-state index < -0.39 is 0 Å². The Hall–Kier alpha value is -1.66. The smallest absolute Gasteiger partial charge is 0.231 e. The van der Waals surface area contributed by atoms with E-state index in [-0.39, 0.29) is 11.8 Å². The van der Waals surface area contributed by atoms with Crippen molar-refractivity contribution in [3.05, 3.63) is 17.7 Å². The molecule has 3 rings (SSSR count). The minimum absolute atomic E-state index is 0.0822. The maximum Gasteiger partial charge on any atom is 0.231 e. The molecule has 0 atom stereocenters. The zero-order chi connectivity index (χ0) is 15.7. The third-order valence-electron chi connectivity index (χ3n) is 4.56. The zero-order valence-electron chi connectivity index (χ0n) is 13.7. The summed E-state index contributed by atoms with van der Waals surface area (Å²) in [4.78, 5) is 23.6. The van der Waals surface area contributed by atoms with Crippen LogP contribution in [0.25, 0.3) is 0 Å². The maximum atomic E-state index is 12.2. The van der Waals surface area contributed by atoms with Gasteiger partial charge in [0.2, 0.25) is 5.91 Å². The van der Waals surface area contributed by atoms with E-state index in [4.69, 9.17) is 0 Å². The van der Waals surface area contributed by atoms with Crippen molar-refractivity contribution in [2.45, 2.75) is 6.92 Å². The number of nitrogens with one attached hydrogen (secondary N) is 1. The minimum Gasteiger partial charge on any atom is -0.354 e. The van der Waals surface area contributed by atoms with Crippen molar-refractivity contribution in [3.63, 3.8) is 0 Å². The SMILES string of the molecule is Cc1ccc(NC(=O)C2CN(C)C2)nc1N1CCN(C)CC1. The minimum atomic E-state index is 0.0822. The molecule has 2 fully saturated rings. The molecule has 120 valence electrons. The summed E-state index contributed by atoms with van der Waals surface area (Å²) in [5.74, 6) is 1.84. The summed E-state index contributed by atoms with van der Waals surface area (Å²) in [6, 6.07) is 3.94. The lowest BCUT2D eigenvalue weighted by atomic mass is 10.0. The topological polar surface area (TPSA) is 51.7 Å². The molecular formula is C16H25N5O. The fourth-order valence-electron chi connectivity index (χ4n) is 3.02. The first-order valence-corrected chi connectivity index (χ1v) is 7.93. The quantitative estimate of drug-likeness (QED) is 0.888. The second-order valence-corrected chi connectivity index (χ2v) is 6.53. The first kappa shape index (κ1) is 15.2. The largest absolute Gasteiger partial charge is 0.354 e. The molecule has 0 bridgehead atoms. The highest BCUT2D eigenvalue weighted by molar-refractivity contribution is 5.92. The molecule has 0 saturated carbocycles. The van der Waals surface area contributed by atoms with Crippen LogP contribution in [-0.2, 0) is 4.79 Å². The van der Waals surface area contributed by atoms with Gasteiger partial charge in [-0.15, -0.1) is 0 Å². The van der Waals surface area contributed by atoms with Gasteiger partial charge in [0.1, 0.15) is 11.6 Å². The number of aryl methyl sites for hydroxylation is 1. The standard InChI is InChI=1S/C16H25N5O/c1-12-4-5-14(18-16(22)13-10-20(3)11-13)17-15(12)21-8-6-19(2)7-9-21/h4-5,13H,6-11H2,1-3H3,(H,17,18,22). The van der Waals surface area contributed by atoms with Gasteiger partial charge in [-0.25, -0.2) is 4.98 Å². The van der Waals surface area contributed by atoms with Crippen LogP contribution in [0.3, 0.4) is 0 Å². The van der Waals surface area contributed by atoms with E-state index in [1.165, 1.54) is 0 Å². The number of likely N-dealkylation sites (N-methyl/N-ethyl adjacent to an activating group) is 1. The third-order valence-corrected chi connectivity index (χ3v) is 4.56. The van der Waals surface area contributed by atoms with Crippen molar-refractivity contribution in [2.75, 3.05) is 63.6 Å². The van der Waals surface area contributed by atoms with Crippen molar-refractivity contribution in [3.8, 4) is 0 Å². The first-order valence-electron chi connectivity index (χ1n) is 7.93. The van der Waals surface area contributed by atoms with Gasteiger partial charge in [0.05, 0.1) is 5.92 Å². The Bertz CT molecular complexity index is 547. The fourth-order valence-corrected chi connectivity index (χ4v) is 3.02. The molecule has 2 aliphatic heterocycles. The molecule has 22 heavy (non-hydrogen) atoms. The number of aromatic nitrogens is 1. The average molecular weight is 303 g/mol. The molecule has 1 aromatic rings. The molecule has 6 heteroatoms. The van der Waals surface area contributed by atoms with Crippen LogP contribution >= 0.6 is 0 Å². The van der Waals surface area contributed by atoms with E-state index in [1.807, 2.05) is 19.2 Å². The zero-order valence-corrected chi connectivity index (χ0v) is 13.7. The Balaban J connectivity index is 1.68. The van der Waals surface area contributed by atoms with Crippen LogP contribution in [0.2, 0.25) is 0 Å². The molecule has 0 spiro atoms. The van der Waals surface area contributed by atoms with Gasteiger partial charge < -0.3 is 20.0 Å². The molecule has 3 heterocycles. The van der Waals surface area contributed by atoms with Gasteiger partial charge >= 0.3 is 0 Å². The maximum absolute atomic E-state index is 12.2. The number of likely N-dealkylation sites (tertiary alicyclic amines) is 1. The second-order valence-electron chi connectivity index (χ2n) is 6.53. The average Bonchev–Trinajstić information content (AvgIpc) is 2.47. The molecule has 0 radical (unpaired) electrons. The number of piperazine rings is 1. The van der Waals surface area contributed by atoms with E-state index in [9.17, 15) is 4.79 Å². The van der Waals surface area contributed by atoms with Crippen LogP contribution in [0.1, 0.15) is 5.56 Å². The Morgan fingerprint density at radius 2 is 1.82 bits per heavy atom. The number of nitrogens with zero attached hydrogens (tertiary/aromatic N) is 4. The lowest BCUT2D eigenvalue weighted by molar-refractivity contribution is -0.124. The Morgan fingerprint density at radius 3 is 2.45 bits per heavy atom. The fraction of sp³-hybridized carbons (Fsp3) is 0.625. The molecule has 1 amide bonds. The molecule has 6 nitrogen and oxygen atoms in total. The number of carbonyl (C=O) groups is 1. The molecule has 0 unspecified atom stereocenters. The lowest BCUT2D eigenvalue weighted by Crippen LogP contribution is -2.49. The van der Waals surface area contributed by atoms with Gasteiger partial charge in [-0.2, -0.15) is 0 Å². The predicted octanol–water partition coefficient (Wildman–Crippen LogP) is 0.642. The Morgan fingerprint density at radius 1 is 1.14 bits per heavy atom. The van der Waals surface area contributed by atoms with Gasteiger partial charge in [0.15, 0.2) is 0 Å². The monoisotopic (exact) mass is 303 g/mol. The molecule has 2 aliphatic rings. The first-order chi connectivity index (χ1) is 10.5. The highest BCUT2D eigenvalue weighted by Gasteiger charge is 2.30. The van der Waals surface area contributed by atoms with Crippen LogP contribution in [0.15, 0.2) is 12.1 Å². The summed E-state index contributed by atoms with van der Waals surface area (Å²) in [6.45, 7) is 7.81. The normalized spacial score (nSPS) is 20.8. The van der Waals surface area contributed by atoms with Gasteiger partial charge in [-0.3, -0.25) is 4.79 Å². The number of rotatable bonds is 3. The van der Waals surface area contributed by atoms with Crippen molar-refractivity contribution >= 4 is 17.5 Å². The Kier molecular flexibility index (Phi) is 4.31. The van der Waals surface area contributed by atoms with E-state index in [2.05, 4.69) is 39.0 Å². The summed E-state index contributed by atoms with van der Waals surface area (Å²) < 4.78 is 0. The second kappa shape index (κ2) is 6.22. The van der Waals surface area contributed by atoms with Gasteiger partial charge in [0, 0.05) is 39.3 Å². The predicted molar refractivity (Wildman–Crippen MR) is 88.3 cm³/mol. The Labute approximate surface area is 132 Å². The van der Waals surface area contributed by atoms with Crippen molar-refractivity contribution < 1.29 is 4.79 Å². The number of hydrogen-bond acceptors (Lipinski definition) is 5. The van der Waals surface area contributed by atoms with Crippen molar-refractivity contribution in [1.82, 2.24) is 14.8 Å². The van der Waals surface area contributed by atoms with Crippen LogP contribution in [-0.4, -0.2) is 74.1 Å². The summed E-state index contributed by atoms with van der Waals surface area (Å²) in [5, 5.41) is 2.97. The van der Waals surface area contributed by atoms with E-state index >= 15 is 0 Å². The van der Waals surface area contributed by atoms with Crippen molar-refractivity contribution in [2.24, 2.45) is 5.92 Å².